The van der Waals surface area contributed by atoms with Crippen molar-refractivity contribution in [2.75, 3.05) is 5.32 Å². The molecule has 142 valence electrons. The zero-order chi connectivity index (χ0) is 19.8. The number of carbonyl (C=O) groups is 3. The Hall–Kier alpha value is -3.22. The van der Waals surface area contributed by atoms with Crippen molar-refractivity contribution in [3.05, 3.63) is 65.5 Å². The third-order valence-electron chi connectivity index (χ3n) is 3.91. The maximum absolute atomic E-state index is 14.0. The molecule has 0 aliphatic rings. The fraction of sp³-hybridized carbons (Fsp3) is 0.250. The van der Waals surface area contributed by atoms with Gasteiger partial charge in [-0.05, 0) is 36.6 Å². The highest BCUT2D eigenvalue weighted by Gasteiger charge is 2.17. The van der Waals surface area contributed by atoms with Gasteiger partial charge in [0.05, 0.1) is 5.69 Å². The lowest BCUT2D eigenvalue weighted by molar-refractivity contribution is -0.137. The van der Waals surface area contributed by atoms with Gasteiger partial charge in [-0.3, -0.25) is 14.4 Å². The Morgan fingerprint density at radius 2 is 1.81 bits per heavy atom. The molecule has 0 heterocycles. The van der Waals surface area contributed by atoms with Gasteiger partial charge in [0.2, 0.25) is 5.91 Å². The number of amides is 2. The summed E-state index contributed by atoms with van der Waals surface area (Å²) in [5, 5.41) is 14.0. The molecule has 0 radical (unpaired) electrons. The number of halogens is 1. The van der Waals surface area contributed by atoms with Crippen LogP contribution in [0.2, 0.25) is 0 Å². The first-order chi connectivity index (χ1) is 12.8. The normalized spacial score (nSPS) is 11.5. The van der Waals surface area contributed by atoms with Crippen LogP contribution in [0.4, 0.5) is 10.1 Å². The molecular weight excluding hydrogens is 351 g/mol. The van der Waals surface area contributed by atoms with Crippen LogP contribution in [0.3, 0.4) is 0 Å². The number of carboxylic acid groups (broad SMARTS) is 1. The molecule has 0 aliphatic heterocycles. The smallest absolute Gasteiger partial charge is 0.303 e. The lowest BCUT2D eigenvalue weighted by Gasteiger charge is -2.18. The van der Waals surface area contributed by atoms with Crippen LogP contribution in [0.5, 0.6) is 0 Å². The minimum absolute atomic E-state index is 0.00855. The number of anilines is 1. The minimum Gasteiger partial charge on any atom is -0.481 e. The largest absolute Gasteiger partial charge is 0.481 e. The Labute approximate surface area is 156 Å². The molecule has 0 aromatic heterocycles. The number of carbonyl (C=O) groups excluding carboxylic acids is 2. The molecule has 0 saturated heterocycles. The third kappa shape index (κ3) is 6.54. The fourth-order valence-electron chi connectivity index (χ4n) is 2.64. The van der Waals surface area contributed by atoms with Gasteiger partial charge >= 0.3 is 5.97 Å². The van der Waals surface area contributed by atoms with Crippen LogP contribution in [0.15, 0.2) is 48.5 Å². The van der Waals surface area contributed by atoms with Crippen LogP contribution in [0.25, 0.3) is 0 Å². The highest BCUT2D eigenvalue weighted by Crippen LogP contribution is 2.16. The Morgan fingerprint density at radius 1 is 1.11 bits per heavy atom. The quantitative estimate of drug-likeness (QED) is 0.664. The Kier molecular flexibility index (Phi) is 7.05. The second-order valence-corrected chi connectivity index (χ2v) is 6.17. The Morgan fingerprint density at radius 3 is 2.41 bits per heavy atom. The van der Waals surface area contributed by atoms with E-state index in [0.29, 0.717) is 6.42 Å². The summed E-state index contributed by atoms with van der Waals surface area (Å²) >= 11 is 0. The molecule has 27 heavy (non-hydrogen) atoms. The number of carboxylic acids is 1. The molecule has 0 spiro atoms. The number of aliphatic carboxylic acids is 1. The van der Waals surface area contributed by atoms with Crippen molar-refractivity contribution in [1.29, 1.82) is 0 Å². The minimum atomic E-state index is -0.951. The number of hydrogen-bond donors (Lipinski definition) is 3. The van der Waals surface area contributed by atoms with Crippen LogP contribution >= 0.6 is 0 Å². The van der Waals surface area contributed by atoms with E-state index >= 15 is 0 Å². The molecule has 1 unspecified atom stereocenters. The number of rotatable bonds is 8. The summed E-state index contributed by atoms with van der Waals surface area (Å²) in [7, 11) is 0. The van der Waals surface area contributed by atoms with Gasteiger partial charge < -0.3 is 15.7 Å². The molecule has 2 aromatic carbocycles. The molecule has 0 fully saturated rings. The zero-order valence-corrected chi connectivity index (χ0v) is 14.9. The predicted octanol–water partition coefficient (Wildman–Crippen LogP) is 2.99. The molecule has 2 amide bonds. The van der Waals surface area contributed by atoms with Gasteiger partial charge in [-0.15, -0.1) is 0 Å². The van der Waals surface area contributed by atoms with Crippen LogP contribution in [0.1, 0.15) is 35.7 Å². The third-order valence-corrected chi connectivity index (χ3v) is 3.91. The predicted molar refractivity (Wildman–Crippen MR) is 99.0 cm³/mol. The highest BCUT2D eigenvalue weighted by atomic mass is 19.1. The number of nitrogens with one attached hydrogen (secondary N) is 2. The van der Waals surface area contributed by atoms with E-state index in [1.165, 1.54) is 19.1 Å². The van der Waals surface area contributed by atoms with Gasteiger partial charge in [0.25, 0.3) is 5.91 Å². The van der Waals surface area contributed by atoms with Gasteiger partial charge in [-0.1, -0.05) is 30.3 Å². The van der Waals surface area contributed by atoms with E-state index in [9.17, 15) is 18.8 Å². The van der Waals surface area contributed by atoms with Gasteiger partial charge in [0.1, 0.15) is 5.82 Å². The van der Waals surface area contributed by atoms with Gasteiger partial charge in [-0.25, -0.2) is 4.39 Å². The van der Waals surface area contributed by atoms with Crippen molar-refractivity contribution >= 4 is 23.5 Å². The lowest BCUT2D eigenvalue weighted by Crippen LogP contribution is -2.37. The van der Waals surface area contributed by atoms with E-state index in [2.05, 4.69) is 10.6 Å². The first-order valence-electron chi connectivity index (χ1n) is 8.49. The molecular formula is C20H21FN2O4. The molecule has 0 aliphatic carbocycles. The summed E-state index contributed by atoms with van der Waals surface area (Å²) < 4.78 is 14.0. The first kappa shape index (κ1) is 20.1. The van der Waals surface area contributed by atoms with Gasteiger partial charge in [0, 0.05) is 24.9 Å². The van der Waals surface area contributed by atoms with E-state index in [1.807, 2.05) is 30.3 Å². The fourth-order valence-corrected chi connectivity index (χ4v) is 2.64. The van der Waals surface area contributed by atoms with Crippen LogP contribution in [0, 0.1) is 5.82 Å². The standard InChI is InChI=1S/C20H21FN2O4/c1-13(24)22-18-9-7-15(12-17(18)21)20(27)23-16(8-10-19(25)26)11-14-5-3-2-4-6-14/h2-7,9,12,16H,8,10-11H2,1H3,(H,22,24)(H,23,27)(H,25,26). The monoisotopic (exact) mass is 372 g/mol. The van der Waals surface area contributed by atoms with E-state index in [0.717, 1.165) is 11.6 Å². The number of benzene rings is 2. The van der Waals surface area contributed by atoms with Crippen molar-refractivity contribution in [3.63, 3.8) is 0 Å². The highest BCUT2D eigenvalue weighted by molar-refractivity contribution is 5.95. The average Bonchev–Trinajstić information content (AvgIpc) is 2.61. The number of hydrogen-bond acceptors (Lipinski definition) is 3. The Balaban J connectivity index is 2.10. The molecule has 6 nitrogen and oxygen atoms in total. The van der Waals surface area contributed by atoms with Crippen molar-refractivity contribution in [2.45, 2.75) is 32.2 Å². The van der Waals surface area contributed by atoms with E-state index in [-0.39, 0.29) is 24.1 Å². The molecule has 1 atom stereocenters. The molecule has 2 rings (SSSR count). The maximum Gasteiger partial charge on any atom is 0.303 e. The molecule has 0 bridgehead atoms. The topological polar surface area (TPSA) is 95.5 Å². The van der Waals surface area contributed by atoms with Crippen LogP contribution in [-0.4, -0.2) is 28.9 Å². The maximum atomic E-state index is 14.0. The summed E-state index contributed by atoms with van der Waals surface area (Å²) in [4.78, 5) is 34.4. The van der Waals surface area contributed by atoms with Crippen LogP contribution < -0.4 is 10.6 Å². The van der Waals surface area contributed by atoms with Crippen molar-refractivity contribution in [1.82, 2.24) is 5.32 Å². The molecule has 2 aromatic rings. The molecule has 3 N–H and O–H groups in total. The second kappa shape index (κ2) is 9.47. The van der Waals surface area contributed by atoms with Crippen molar-refractivity contribution < 1.29 is 23.9 Å². The summed E-state index contributed by atoms with van der Waals surface area (Å²) in [5.41, 5.74) is 1.04. The SMILES string of the molecule is CC(=O)Nc1ccc(C(=O)NC(CCC(=O)O)Cc2ccccc2)cc1F. The first-order valence-corrected chi connectivity index (χ1v) is 8.49. The van der Waals surface area contributed by atoms with E-state index in [1.54, 1.807) is 0 Å². The Bertz CT molecular complexity index is 824. The van der Waals surface area contributed by atoms with Crippen molar-refractivity contribution in [3.8, 4) is 0 Å². The second-order valence-electron chi connectivity index (χ2n) is 6.17. The van der Waals surface area contributed by atoms with Gasteiger partial charge in [-0.2, -0.15) is 0 Å². The summed E-state index contributed by atoms with van der Waals surface area (Å²) in [6, 6.07) is 12.7. The van der Waals surface area contributed by atoms with Crippen LogP contribution in [-0.2, 0) is 16.0 Å². The van der Waals surface area contributed by atoms with Gasteiger partial charge in [0.15, 0.2) is 0 Å². The lowest BCUT2D eigenvalue weighted by atomic mass is 10.0. The van der Waals surface area contributed by atoms with Crippen molar-refractivity contribution in [2.24, 2.45) is 0 Å². The van der Waals surface area contributed by atoms with E-state index < -0.39 is 29.6 Å². The zero-order valence-electron chi connectivity index (χ0n) is 14.9. The summed E-state index contributed by atoms with van der Waals surface area (Å²) in [6.07, 6.45) is 0.627. The molecule has 7 heteroatoms. The molecule has 0 saturated carbocycles. The average molecular weight is 372 g/mol. The summed E-state index contributed by atoms with van der Waals surface area (Å²) in [5.74, 6) is -2.59. The summed E-state index contributed by atoms with van der Waals surface area (Å²) in [6.45, 7) is 1.26. The van der Waals surface area contributed by atoms with E-state index in [4.69, 9.17) is 5.11 Å².